The largest absolute Gasteiger partial charge is 0.492 e. The predicted molar refractivity (Wildman–Crippen MR) is 98.4 cm³/mol. The third kappa shape index (κ3) is 2.92. The van der Waals surface area contributed by atoms with Crippen molar-refractivity contribution in [3.05, 3.63) is 40.3 Å². The average Bonchev–Trinajstić information content (AvgIpc) is 3.25. The molecule has 0 fully saturated rings. The van der Waals surface area contributed by atoms with Crippen LogP contribution < -0.4 is 19.1 Å². The highest BCUT2D eigenvalue weighted by Gasteiger charge is 2.37. The van der Waals surface area contributed by atoms with Crippen molar-refractivity contribution in [2.24, 2.45) is 5.16 Å². The molecule has 2 aromatic rings. The first-order chi connectivity index (χ1) is 13.0. The molecule has 2 aliphatic rings. The van der Waals surface area contributed by atoms with Crippen molar-refractivity contribution >= 4 is 5.71 Å². The summed E-state index contributed by atoms with van der Waals surface area (Å²) >= 11 is 0. The third-order valence-corrected chi connectivity index (χ3v) is 5.55. The minimum Gasteiger partial charge on any atom is -0.492 e. The zero-order valence-corrected chi connectivity index (χ0v) is 16.1. The van der Waals surface area contributed by atoms with Gasteiger partial charge in [0.05, 0.1) is 38.4 Å². The number of nitrogens with one attached hydrogen (secondary N) is 1. The van der Waals surface area contributed by atoms with E-state index in [1.165, 1.54) is 10.5 Å². The summed E-state index contributed by atoms with van der Waals surface area (Å²) in [6.07, 6.45) is 1.49. The van der Waals surface area contributed by atoms with Gasteiger partial charge >= 0.3 is 0 Å². The van der Waals surface area contributed by atoms with Gasteiger partial charge in [-0.25, -0.2) is 0 Å². The summed E-state index contributed by atoms with van der Waals surface area (Å²) in [5.41, 5.74) is 3.75. The van der Waals surface area contributed by atoms with Crippen LogP contribution in [0.5, 0.6) is 17.2 Å². The van der Waals surface area contributed by atoms with Crippen LogP contribution in [0.4, 0.5) is 0 Å². The fraction of sp³-hybridized carbons (Fsp3) is 0.450. The summed E-state index contributed by atoms with van der Waals surface area (Å²) in [5, 5.41) is 13.3. The zero-order valence-electron chi connectivity index (χ0n) is 16.1. The van der Waals surface area contributed by atoms with Gasteiger partial charge < -0.3 is 28.7 Å². The van der Waals surface area contributed by atoms with Crippen LogP contribution in [-0.2, 0) is 6.42 Å². The van der Waals surface area contributed by atoms with Crippen molar-refractivity contribution in [1.29, 1.82) is 0 Å². The Labute approximate surface area is 158 Å². The number of hydrogen-bond donors (Lipinski definition) is 2. The lowest BCUT2D eigenvalue weighted by atomic mass is 9.87. The molecular formula is C20H25N2O5+. The number of rotatable bonds is 4. The highest BCUT2D eigenvalue weighted by atomic mass is 16.7. The van der Waals surface area contributed by atoms with Crippen LogP contribution in [0.1, 0.15) is 40.7 Å². The molecular weight excluding hydrogens is 348 g/mol. The highest BCUT2D eigenvalue weighted by Crippen LogP contribution is 2.48. The number of quaternary nitrogens is 1. The fourth-order valence-corrected chi connectivity index (χ4v) is 4.21. The van der Waals surface area contributed by atoms with Gasteiger partial charge in [-0.2, -0.15) is 0 Å². The molecule has 7 heteroatoms. The first-order valence-corrected chi connectivity index (χ1v) is 9.13. The van der Waals surface area contributed by atoms with Gasteiger partial charge in [0.15, 0.2) is 11.5 Å². The van der Waals surface area contributed by atoms with E-state index in [0.29, 0.717) is 17.9 Å². The Morgan fingerprint density at radius 2 is 2.15 bits per heavy atom. The van der Waals surface area contributed by atoms with Crippen LogP contribution in [-0.4, -0.2) is 38.4 Å². The number of furan rings is 1. The first kappa shape index (κ1) is 17.7. The van der Waals surface area contributed by atoms with E-state index < -0.39 is 0 Å². The Bertz CT molecular complexity index is 902. The van der Waals surface area contributed by atoms with E-state index >= 15 is 0 Å². The van der Waals surface area contributed by atoms with E-state index in [2.05, 4.69) is 18.3 Å². The van der Waals surface area contributed by atoms with Gasteiger partial charge in [-0.15, -0.1) is 0 Å². The number of ether oxygens (including phenoxy) is 3. The van der Waals surface area contributed by atoms with Crippen molar-refractivity contribution in [2.45, 2.75) is 32.7 Å². The molecule has 0 spiro atoms. The van der Waals surface area contributed by atoms with Gasteiger partial charge in [0.25, 0.3) is 0 Å². The lowest BCUT2D eigenvalue weighted by Crippen LogP contribution is -3.10. The molecule has 2 N–H and O–H groups in total. The highest BCUT2D eigenvalue weighted by molar-refractivity contribution is 6.01. The zero-order chi connectivity index (χ0) is 19.1. The summed E-state index contributed by atoms with van der Waals surface area (Å²) in [4.78, 5) is 1.33. The molecule has 1 aromatic carbocycles. The monoisotopic (exact) mass is 373 g/mol. The molecule has 144 valence electrons. The molecule has 4 rings (SSSR count). The minimum atomic E-state index is 0.0682. The summed E-state index contributed by atoms with van der Waals surface area (Å²) in [6, 6.07) is 4.04. The Hall–Kier alpha value is -2.67. The van der Waals surface area contributed by atoms with E-state index in [-0.39, 0.29) is 12.8 Å². The minimum absolute atomic E-state index is 0.0682. The second kappa shape index (κ2) is 6.81. The molecule has 7 nitrogen and oxygen atoms in total. The Morgan fingerprint density at radius 3 is 2.81 bits per heavy atom. The van der Waals surface area contributed by atoms with Crippen LogP contribution in [0, 0.1) is 13.8 Å². The molecule has 27 heavy (non-hydrogen) atoms. The smallest absolute Gasteiger partial charge is 0.231 e. The number of nitrogens with zero attached hydrogens (tertiary/aromatic N) is 1. The van der Waals surface area contributed by atoms with Gasteiger partial charge in [-0.1, -0.05) is 5.16 Å². The Morgan fingerprint density at radius 1 is 1.33 bits per heavy atom. The van der Waals surface area contributed by atoms with E-state index in [1.807, 2.05) is 19.9 Å². The molecule has 1 aromatic heterocycles. The molecule has 0 amide bonds. The van der Waals surface area contributed by atoms with E-state index in [4.69, 9.17) is 18.6 Å². The van der Waals surface area contributed by atoms with Crippen LogP contribution >= 0.6 is 0 Å². The second-order valence-corrected chi connectivity index (χ2v) is 7.19. The summed E-state index contributed by atoms with van der Waals surface area (Å²) in [7, 11) is 3.81. The Balaban J connectivity index is 1.77. The van der Waals surface area contributed by atoms with Crippen LogP contribution in [0.25, 0.3) is 0 Å². The number of aryl methyl sites for hydroxylation is 2. The van der Waals surface area contributed by atoms with Gasteiger partial charge in [-0.3, -0.25) is 0 Å². The lowest BCUT2D eigenvalue weighted by Gasteiger charge is -2.33. The topological polar surface area (TPSA) is 77.9 Å². The van der Waals surface area contributed by atoms with Crippen molar-refractivity contribution in [3.63, 3.8) is 0 Å². The van der Waals surface area contributed by atoms with Gasteiger partial charge in [-0.05, 0) is 31.5 Å². The van der Waals surface area contributed by atoms with Gasteiger partial charge in [0.2, 0.25) is 12.5 Å². The van der Waals surface area contributed by atoms with Crippen molar-refractivity contribution < 1.29 is 28.7 Å². The number of methoxy groups -OCH3 is 1. The van der Waals surface area contributed by atoms with E-state index in [9.17, 15) is 5.21 Å². The van der Waals surface area contributed by atoms with Crippen LogP contribution in [0.3, 0.4) is 0 Å². The summed E-state index contributed by atoms with van der Waals surface area (Å²) in [6.45, 7) is 4.96. The van der Waals surface area contributed by atoms with E-state index in [0.717, 1.165) is 47.1 Å². The molecule has 0 saturated heterocycles. The molecule has 3 heterocycles. The van der Waals surface area contributed by atoms with E-state index in [1.54, 1.807) is 7.11 Å². The molecule has 2 aliphatic heterocycles. The van der Waals surface area contributed by atoms with Crippen molar-refractivity contribution in [1.82, 2.24) is 0 Å². The summed E-state index contributed by atoms with van der Waals surface area (Å²) in [5.74, 6) is 3.68. The van der Waals surface area contributed by atoms with Crippen molar-refractivity contribution in [2.75, 3.05) is 27.5 Å². The number of fused-ring (bicyclic) bond motifs is 2. The SMILES string of the molecule is COc1c2c(cc3c1[C@@H](CC(=NO)c1cc(C)oc1C)[NH+](C)CC3)OCO2. The molecule has 0 radical (unpaired) electrons. The molecule has 2 atom stereocenters. The third-order valence-electron chi connectivity index (χ3n) is 5.55. The standard InChI is InChI=1S/C20H24N2O5/c1-11-7-14(12(2)27-11)15(21-23)9-16-18-13(5-6-22(16)3)8-17-19(20(18)24-4)26-10-25-17/h7-8,16,23H,5-6,9-10H2,1-4H3/p+1/t16-/m1/s1. The second-order valence-electron chi connectivity index (χ2n) is 7.19. The first-order valence-electron chi connectivity index (χ1n) is 9.13. The maximum atomic E-state index is 9.72. The maximum Gasteiger partial charge on any atom is 0.231 e. The lowest BCUT2D eigenvalue weighted by molar-refractivity contribution is -0.913. The number of benzene rings is 1. The average molecular weight is 373 g/mol. The van der Waals surface area contributed by atoms with Crippen LogP contribution in [0.2, 0.25) is 0 Å². The number of hydrogen-bond acceptors (Lipinski definition) is 6. The fourth-order valence-electron chi connectivity index (χ4n) is 4.21. The maximum absolute atomic E-state index is 9.72. The normalized spacial score (nSPS) is 21.3. The number of likely N-dealkylation sites (N-methyl/N-ethyl adjacent to an activating group) is 1. The quantitative estimate of drug-likeness (QED) is 0.487. The van der Waals surface area contributed by atoms with Gasteiger partial charge in [0, 0.05) is 12.0 Å². The molecule has 0 bridgehead atoms. The summed E-state index contributed by atoms with van der Waals surface area (Å²) < 4.78 is 22.6. The molecule has 0 saturated carbocycles. The molecule has 0 aliphatic carbocycles. The number of oxime groups is 1. The Kier molecular flexibility index (Phi) is 4.47. The van der Waals surface area contributed by atoms with Gasteiger partial charge in [0.1, 0.15) is 17.6 Å². The predicted octanol–water partition coefficient (Wildman–Crippen LogP) is 2.01. The van der Waals surface area contributed by atoms with Crippen molar-refractivity contribution in [3.8, 4) is 17.2 Å². The van der Waals surface area contributed by atoms with Crippen LogP contribution in [0.15, 0.2) is 21.7 Å². The molecule has 1 unspecified atom stereocenters.